The Morgan fingerprint density at radius 1 is 1.03 bits per heavy atom. The van der Waals surface area contributed by atoms with Crippen molar-refractivity contribution in [2.75, 3.05) is 6.54 Å². The molecule has 31 heavy (non-hydrogen) atoms. The second-order valence-electron chi connectivity index (χ2n) is 7.50. The lowest BCUT2D eigenvalue weighted by atomic mass is 10.1. The molecule has 0 radical (unpaired) electrons. The largest absolute Gasteiger partial charge is 0.419 e. The van der Waals surface area contributed by atoms with E-state index in [4.69, 9.17) is 16.0 Å². The van der Waals surface area contributed by atoms with Crippen molar-refractivity contribution in [1.29, 1.82) is 0 Å². The van der Waals surface area contributed by atoms with Crippen molar-refractivity contribution in [3.8, 4) is 11.5 Å². The standard InChI is InChI=1S/C22H17ClN4O4/c23-14-7-5-13(6-8-14)20-25-24-18(31-20)11-26(15-9-10-15)19(28)12-27-21(29)16-3-1-2-4-17(16)22(27)30/h1-8,15H,9-12H2. The maximum Gasteiger partial charge on any atom is 0.262 e. The van der Waals surface area contributed by atoms with Gasteiger partial charge < -0.3 is 9.32 Å². The zero-order valence-electron chi connectivity index (χ0n) is 16.3. The number of halogens is 1. The maximum absolute atomic E-state index is 13.0. The summed E-state index contributed by atoms with van der Waals surface area (Å²) in [5, 5.41) is 8.70. The van der Waals surface area contributed by atoms with Gasteiger partial charge in [-0.2, -0.15) is 0 Å². The van der Waals surface area contributed by atoms with Crippen LogP contribution in [0.4, 0.5) is 0 Å². The Hall–Kier alpha value is -3.52. The Labute approximate surface area is 182 Å². The quantitative estimate of drug-likeness (QED) is 0.550. The summed E-state index contributed by atoms with van der Waals surface area (Å²) in [6.45, 7) is -0.200. The lowest BCUT2D eigenvalue weighted by Gasteiger charge is -2.23. The van der Waals surface area contributed by atoms with Gasteiger partial charge in [0.15, 0.2) is 0 Å². The average molecular weight is 437 g/mol. The highest BCUT2D eigenvalue weighted by Gasteiger charge is 2.40. The van der Waals surface area contributed by atoms with Crippen LogP contribution in [-0.4, -0.2) is 50.3 Å². The van der Waals surface area contributed by atoms with Crippen LogP contribution in [0.15, 0.2) is 52.9 Å². The van der Waals surface area contributed by atoms with Crippen LogP contribution >= 0.6 is 11.6 Å². The van der Waals surface area contributed by atoms with Crippen molar-refractivity contribution in [2.24, 2.45) is 0 Å². The van der Waals surface area contributed by atoms with E-state index in [0.29, 0.717) is 22.0 Å². The third-order valence-corrected chi connectivity index (χ3v) is 5.60. The van der Waals surface area contributed by atoms with Crippen LogP contribution in [0, 0.1) is 0 Å². The van der Waals surface area contributed by atoms with Gasteiger partial charge in [-0.3, -0.25) is 19.3 Å². The minimum Gasteiger partial charge on any atom is -0.419 e. The number of hydrogen-bond acceptors (Lipinski definition) is 6. The van der Waals surface area contributed by atoms with Crippen molar-refractivity contribution in [3.05, 3.63) is 70.6 Å². The van der Waals surface area contributed by atoms with Crippen LogP contribution in [0.3, 0.4) is 0 Å². The van der Waals surface area contributed by atoms with E-state index in [-0.39, 0.29) is 30.9 Å². The maximum atomic E-state index is 13.0. The van der Waals surface area contributed by atoms with E-state index in [2.05, 4.69) is 10.2 Å². The molecule has 8 nitrogen and oxygen atoms in total. The Morgan fingerprint density at radius 3 is 2.29 bits per heavy atom. The molecule has 9 heteroatoms. The highest BCUT2D eigenvalue weighted by atomic mass is 35.5. The predicted octanol–water partition coefficient (Wildman–Crippen LogP) is 3.18. The van der Waals surface area contributed by atoms with E-state index in [1.165, 1.54) is 0 Å². The zero-order chi connectivity index (χ0) is 21.5. The van der Waals surface area contributed by atoms with Crippen LogP contribution in [0.2, 0.25) is 5.02 Å². The molecule has 156 valence electrons. The number of amides is 3. The normalized spacial score (nSPS) is 15.3. The molecule has 3 aromatic rings. The molecule has 0 N–H and O–H groups in total. The van der Waals surface area contributed by atoms with E-state index >= 15 is 0 Å². The van der Waals surface area contributed by atoms with Crippen molar-refractivity contribution in [1.82, 2.24) is 20.0 Å². The number of hydrogen-bond donors (Lipinski definition) is 0. The number of benzene rings is 2. The topological polar surface area (TPSA) is 96.6 Å². The first-order chi connectivity index (χ1) is 15.0. The highest BCUT2D eigenvalue weighted by Crippen LogP contribution is 2.30. The molecule has 5 rings (SSSR count). The molecule has 2 aromatic carbocycles. The molecule has 2 heterocycles. The van der Waals surface area contributed by atoms with Gasteiger partial charge in [0.2, 0.25) is 17.7 Å². The number of fused-ring (bicyclic) bond motifs is 1. The van der Waals surface area contributed by atoms with Crippen LogP contribution in [-0.2, 0) is 11.3 Å². The van der Waals surface area contributed by atoms with Gasteiger partial charge in [-0.25, -0.2) is 0 Å². The van der Waals surface area contributed by atoms with Crippen LogP contribution in [0.1, 0.15) is 39.4 Å². The molecule has 0 saturated heterocycles. The summed E-state index contributed by atoms with van der Waals surface area (Å²) in [7, 11) is 0. The SMILES string of the molecule is O=C1c2ccccc2C(=O)N1CC(=O)N(Cc1nnc(-c2ccc(Cl)cc2)o1)C1CC1. The molecule has 1 aliphatic heterocycles. The van der Waals surface area contributed by atoms with Crippen molar-refractivity contribution in [3.63, 3.8) is 0 Å². The Balaban J connectivity index is 1.31. The Morgan fingerprint density at radius 2 is 1.68 bits per heavy atom. The summed E-state index contributed by atoms with van der Waals surface area (Å²) in [4.78, 5) is 40.8. The van der Waals surface area contributed by atoms with E-state index in [1.807, 2.05) is 0 Å². The lowest BCUT2D eigenvalue weighted by Crippen LogP contribution is -2.43. The molecule has 0 unspecified atom stereocenters. The fourth-order valence-electron chi connectivity index (χ4n) is 3.59. The first kappa shape index (κ1) is 19.4. The first-order valence-electron chi connectivity index (χ1n) is 9.84. The highest BCUT2D eigenvalue weighted by molar-refractivity contribution is 6.30. The van der Waals surface area contributed by atoms with Gasteiger partial charge in [0.25, 0.3) is 11.8 Å². The van der Waals surface area contributed by atoms with Crippen LogP contribution in [0.5, 0.6) is 0 Å². The summed E-state index contributed by atoms with van der Waals surface area (Å²) in [5.41, 5.74) is 1.36. The van der Waals surface area contributed by atoms with Gasteiger partial charge in [0.1, 0.15) is 6.54 Å². The van der Waals surface area contributed by atoms with Crippen molar-refractivity contribution in [2.45, 2.75) is 25.4 Å². The summed E-state index contributed by atoms with van der Waals surface area (Å²) >= 11 is 5.91. The monoisotopic (exact) mass is 436 g/mol. The smallest absolute Gasteiger partial charge is 0.262 e. The average Bonchev–Trinajstić information content (AvgIpc) is 3.47. The van der Waals surface area contributed by atoms with Gasteiger partial charge in [-0.15, -0.1) is 10.2 Å². The third-order valence-electron chi connectivity index (χ3n) is 5.34. The number of imide groups is 1. The number of rotatable bonds is 6. The second-order valence-corrected chi connectivity index (χ2v) is 7.94. The summed E-state index contributed by atoms with van der Waals surface area (Å²) < 4.78 is 5.72. The minimum absolute atomic E-state index is 0.0357. The number of aromatic nitrogens is 2. The zero-order valence-corrected chi connectivity index (χ0v) is 17.1. The lowest BCUT2D eigenvalue weighted by molar-refractivity contribution is -0.133. The van der Waals surface area contributed by atoms with E-state index in [9.17, 15) is 14.4 Å². The van der Waals surface area contributed by atoms with Crippen LogP contribution in [0.25, 0.3) is 11.5 Å². The number of carbonyl (C=O) groups excluding carboxylic acids is 3. The molecule has 0 atom stereocenters. The molecule has 1 saturated carbocycles. The fourth-order valence-corrected chi connectivity index (χ4v) is 3.71. The van der Waals surface area contributed by atoms with E-state index in [0.717, 1.165) is 23.3 Å². The predicted molar refractivity (Wildman–Crippen MR) is 110 cm³/mol. The molecule has 0 spiro atoms. The van der Waals surface area contributed by atoms with E-state index < -0.39 is 11.8 Å². The van der Waals surface area contributed by atoms with Gasteiger partial charge in [0, 0.05) is 16.6 Å². The second kappa shape index (κ2) is 7.63. The molecule has 1 aliphatic carbocycles. The summed E-state index contributed by atoms with van der Waals surface area (Å²) in [5.74, 6) is -0.619. The molecule has 3 amide bonds. The molecule has 1 fully saturated rings. The molecule has 1 aromatic heterocycles. The molecular weight excluding hydrogens is 420 g/mol. The van der Waals surface area contributed by atoms with Crippen molar-refractivity contribution < 1.29 is 18.8 Å². The third kappa shape index (κ3) is 3.70. The number of nitrogens with zero attached hydrogens (tertiary/aromatic N) is 4. The Bertz CT molecular complexity index is 1150. The van der Waals surface area contributed by atoms with Crippen LogP contribution < -0.4 is 0 Å². The van der Waals surface area contributed by atoms with E-state index in [1.54, 1.807) is 53.4 Å². The summed E-state index contributed by atoms with van der Waals surface area (Å²) in [6.07, 6.45) is 1.71. The summed E-state index contributed by atoms with van der Waals surface area (Å²) in [6, 6.07) is 13.6. The van der Waals surface area contributed by atoms with Crippen molar-refractivity contribution >= 4 is 29.3 Å². The minimum atomic E-state index is -0.451. The fraction of sp³-hybridized carbons (Fsp3) is 0.227. The number of carbonyl (C=O) groups is 3. The first-order valence-corrected chi connectivity index (χ1v) is 10.2. The van der Waals surface area contributed by atoms with Gasteiger partial charge in [-0.05, 0) is 49.2 Å². The van der Waals surface area contributed by atoms with Gasteiger partial charge in [0.05, 0.1) is 17.7 Å². The van der Waals surface area contributed by atoms with Gasteiger partial charge in [-0.1, -0.05) is 23.7 Å². The Kier molecular flexibility index (Phi) is 4.78. The molecule has 2 aliphatic rings. The molecule has 0 bridgehead atoms. The van der Waals surface area contributed by atoms with Gasteiger partial charge >= 0.3 is 0 Å². The molecular formula is C22H17ClN4O4.